The van der Waals surface area contributed by atoms with Crippen LogP contribution in [0.3, 0.4) is 0 Å². The Labute approximate surface area is 184 Å². The molecule has 0 saturated heterocycles. The maximum atomic E-state index is 6.19. The van der Waals surface area contributed by atoms with Crippen LogP contribution in [0.15, 0.2) is 66.7 Å². The fourth-order valence-electron chi connectivity index (χ4n) is 3.11. The number of aromatic nitrogens is 1. The molecule has 0 bridgehead atoms. The van der Waals surface area contributed by atoms with E-state index in [2.05, 4.69) is 10.6 Å². The molecule has 30 heavy (non-hydrogen) atoms. The van der Waals surface area contributed by atoms with Gasteiger partial charge in [-0.3, -0.25) is 0 Å². The van der Waals surface area contributed by atoms with Crippen LogP contribution < -0.4 is 20.1 Å². The summed E-state index contributed by atoms with van der Waals surface area (Å²) >= 11 is 12.2. The summed E-state index contributed by atoms with van der Waals surface area (Å²) in [5.41, 5.74) is 3.27. The third kappa shape index (κ3) is 4.22. The second kappa shape index (κ2) is 8.69. The molecule has 4 rings (SSSR count). The molecule has 1 aromatic heterocycles. The second-order valence-corrected chi connectivity index (χ2v) is 7.33. The van der Waals surface area contributed by atoms with Crippen LogP contribution in [0.1, 0.15) is 0 Å². The SMILES string of the molecule is COc1ccc2nc(Nc3ccccc3OC)cc(Nc3ccc(Cl)c(Cl)c3)c2c1. The number of benzene rings is 3. The van der Waals surface area contributed by atoms with Crippen molar-refractivity contribution in [3.63, 3.8) is 0 Å². The summed E-state index contributed by atoms with van der Waals surface area (Å²) in [6.07, 6.45) is 0. The van der Waals surface area contributed by atoms with Crippen molar-refractivity contribution in [3.8, 4) is 11.5 Å². The van der Waals surface area contributed by atoms with Gasteiger partial charge in [-0.2, -0.15) is 0 Å². The van der Waals surface area contributed by atoms with Crippen molar-refractivity contribution in [1.82, 2.24) is 4.98 Å². The molecule has 0 spiro atoms. The van der Waals surface area contributed by atoms with E-state index < -0.39 is 0 Å². The maximum Gasteiger partial charge on any atom is 0.142 e. The minimum absolute atomic E-state index is 0.477. The predicted molar refractivity (Wildman–Crippen MR) is 124 cm³/mol. The topological polar surface area (TPSA) is 55.4 Å². The smallest absolute Gasteiger partial charge is 0.142 e. The molecule has 1 heterocycles. The van der Waals surface area contributed by atoms with Gasteiger partial charge in [0.2, 0.25) is 0 Å². The lowest BCUT2D eigenvalue weighted by Gasteiger charge is -2.15. The summed E-state index contributed by atoms with van der Waals surface area (Å²) in [6, 6.07) is 20.8. The molecule has 0 aliphatic heterocycles. The number of ether oxygens (including phenoxy) is 2. The Morgan fingerprint density at radius 3 is 2.37 bits per heavy atom. The molecule has 2 N–H and O–H groups in total. The number of halogens is 2. The molecule has 0 aliphatic rings. The van der Waals surface area contributed by atoms with Crippen LogP contribution >= 0.6 is 23.2 Å². The van der Waals surface area contributed by atoms with E-state index >= 15 is 0 Å². The number of hydrogen-bond acceptors (Lipinski definition) is 5. The molecule has 0 radical (unpaired) electrons. The van der Waals surface area contributed by atoms with Gasteiger partial charge in [-0.1, -0.05) is 35.3 Å². The summed E-state index contributed by atoms with van der Waals surface area (Å²) in [4.78, 5) is 4.75. The van der Waals surface area contributed by atoms with Crippen molar-refractivity contribution < 1.29 is 9.47 Å². The molecule has 0 atom stereocenters. The first kappa shape index (κ1) is 20.1. The van der Waals surface area contributed by atoms with Crippen LogP contribution in [0.4, 0.5) is 22.9 Å². The fraction of sp³-hybridized carbons (Fsp3) is 0.0870. The van der Waals surface area contributed by atoms with E-state index in [-0.39, 0.29) is 0 Å². The summed E-state index contributed by atoms with van der Waals surface area (Å²) in [7, 11) is 3.27. The number of pyridine rings is 1. The third-order valence-electron chi connectivity index (χ3n) is 4.58. The minimum Gasteiger partial charge on any atom is -0.497 e. The van der Waals surface area contributed by atoms with E-state index in [1.54, 1.807) is 26.4 Å². The summed E-state index contributed by atoms with van der Waals surface area (Å²) < 4.78 is 10.8. The monoisotopic (exact) mass is 439 g/mol. The Morgan fingerprint density at radius 2 is 1.60 bits per heavy atom. The van der Waals surface area contributed by atoms with Gasteiger partial charge >= 0.3 is 0 Å². The lowest BCUT2D eigenvalue weighted by Crippen LogP contribution is -2.00. The molecule has 0 amide bonds. The summed E-state index contributed by atoms with van der Waals surface area (Å²) in [5.74, 6) is 2.14. The number of anilines is 4. The zero-order valence-corrected chi connectivity index (χ0v) is 17.9. The molecular formula is C23H19Cl2N3O2. The van der Waals surface area contributed by atoms with Gasteiger partial charge in [-0.25, -0.2) is 4.98 Å². The van der Waals surface area contributed by atoms with Crippen molar-refractivity contribution in [2.75, 3.05) is 24.9 Å². The van der Waals surface area contributed by atoms with E-state index in [1.165, 1.54) is 0 Å². The number of hydrogen-bond donors (Lipinski definition) is 2. The van der Waals surface area contributed by atoms with Gasteiger partial charge in [0.1, 0.15) is 17.3 Å². The number of para-hydroxylation sites is 2. The average Bonchev–Trinajstić information content (AvgIpc) is 2.76. The summed E-state index contributed by atoms with van der Waals surface area (Å²) in [5, 5.41) is 8.63. The van der Waals surface area contributed by atoms with Crippen molar-refractivity contribution in [2.24, 2.45) is 0 Å². The highest BCUT2D eigenvalue weighted by Gasteiger charge is 2.11. The Hall–Kier alpha value is -3.15. The van der Waals surface area contributed by atoms with E-state index in [0.29, 0.717) is 15.9 Å². The molecule has 152 valence electrons. The first-order chi connectivity index (χ1) is 14.6. The molecule has 0 fully saturated rings. The highest BCUT2D eigenvalue weighted by atomic mass is 35.5. The van der Waals surface area contributed by atoms with Crippen LogP contribution in [0, 0.1) is 0 Å². The van der Waals surface area contributed by atoms with E-state index in [1.807, 2.05) is 54.6 Å². The van der Waals surface area contributed by atoms with Crippen molar-refractivity contribution in [2.45, 2.75) is 0 Å². The van der Waals surface area contributed by atoms with Crippen molar-refractivity contribution in [1.29, 1.82) is 0 Å². The lowest BCUT2D eigenvalue weighted by atomic mass is 10.1. The normalized spacial score (nSPS) is 10.7. The number of rotatable bonds is 6. The van der Waals surface area contributed by atoms with Gasteiger partial charge in [0.25, 0.3) is 0 Å². The zero-order chi connectivity index (χ0) is 21.1. The second-order valence-electron chi connectivity index (χ2n) is 6.52. The van der Waals surface area contributed by atoms with Gasteiger partial charge in [0.05, 0.1) is 41.2 Å². The highest BCUT2D eigenvalue weighted by molar-refractivity contribution is 6.42. The number of nitrogens with one attached hydrogen (secondary N) is 2. The standard InChI is InChI=1S/C23H19Cl2N3O2/c1-29-15-8-10-19-16(12-15)21(26-14-7-9-17(24)18(25)11-14)13-23(27-19)28-20-5-3-4-6-22(20)30-2/h3-13H,1-2H3,(H2,26,27,28). The van der Waals surface area contributed by atoms with Crippen LogP contribution in [0.2, 0.25) is 10.0 Å². The molecule has 0 aliphatic carbocycles. The Bertz CT molecular complexity index is 1210. The van der Waals surface area contributed by atoms with Gasteiger partial charge in [0.15, 0.2) is 0 Å². The first-order valence-electron chi connectivity index (χ1n) is 9.18. The molecule has 0 unspecified atom stereocenters. The lowest BCUT2D eigenvalue weighted by molar-refractivity contribution is 0.415. The van der Waals surface area contributed by atoms with Gasteiger partial charge < -0.3 is 20.1 Å². The average molecular weight is 440 g/mol. The quantitative estimate of drug-likeness (QED) is 0.337. The number of nitrogens with zero attached hydrogens (tertiary/aromatic N) is 1. The largest absolute Gasteiger partial charge is 0.497 e. The zero-order valence-electron chi connectivity index (χ0n) is 16.4. The Kier molecular flexibility index (Phi) is 5.84. The number of methoxy groups -OCH3 is 2. The van der Waals surface area contributed by atoms with Gasteiger partial charge in [0, 0.05) is 17.1 Å². The molecule has 7 heteroatoms. The Balaban J connectivity index is 1.79. The van der Waals surface area contributed by atoms with Crippen LogP contribution in [-0.2, 0) is 0 Å². The summed E-state index contributed by atoms with van der Waals surface area (Å²) in [6.45, 7) is 0. The van der Waals surface area contributed by atoms with E-state index in [4.69, 9.17) is 37.7 Å². The number of fused-ring (bicyclic) bond motifs is 1. The molecule has 3 aromatic carbocycles. The third-order valence-corrected chi connectivity index (χ3v) is 5.32. The van der Waals surface area contributed by atoms with Crippen molar-refractivity contribution >= 4 is 57.0 Å². The molecule has 5 nitrogen and oxygen atoms in total. The van der Waals surface area contributed by atoms with E-state index in [9.17, 15) is 0 Å². The first-order valence-corrected chi connectivity index (χ1v) is 9.94. The maximum absolute atomic E-state index is 6.19. The van der Waals surface area contributed by atoms with E-state index in [0.717, 1.165) is 39.5 Å². The van der Waals surface area contributed by atoms with Crippen molar-refractivity contribution in [3.05, 3.63) is 76.8 Å². The predicted octanol–water partition coefficient (Wildman–Crippen LogP) is 7.05. The molecule has 0 saturated carbocycles. The van der Waals surface area contributed by atoms with Crippen LogP contribution in [-0.4, -0.2) is 19.2 Å². The van der Waals surface area contributed by atoms with Gasteiger partial charge in [-0.15, -0.1) is 0 Å². The highest BCUT2D eigenvalue weighted by Crippen LogP contribution is 2.35. The van der Waals surface area contributed by atoms with Crippen LogP contribution in [0.25, 0.3) is 10.9 Å². The van der Waals surface area contributed by atoms with Gasteiger partial charge in [-0.05, 0) is 48.5 Å². The molecular weight excluding hydrogens is 421 g/mol. The molecule has 4 aromatic rings. The van der Waals surface area contributed by atoms with Crippen LogP contribution in [0.5, 0.6) is 11.5 Å². The Morgan fingerprint density at radius 1 is 0.767 bits per heavy atom. The fourth-order valence-corrected chi connectivity index (χ4v) is 3.41. The minimum atomic E-state index is 0.477.